The lowest BCUT2D eigenvalue weighted by molar-refractivity contribution is 0.194. The molecule has 0 aromatic heterocycles. The Bertz CT molecular complexity index is 358. The molecule has 0 amide bonds. The summed E-state index contributed by atoms with van der Waals surface area (Å²) in [6.07, 6.45) is 2.75. The van der Waals surface area contributed by atoms with Crippen LogP contribution in [-0.4, -0.2) is 23.9 Å². The molecule has 0 aliphatic carbocycles. The summed E-state index contributed by atoms with van der Waals surface area (Å²) in [4.78, 5) is 0. The van der Waals surface area contributed by atoms with E-state index in [1.807, 2.05) is 19.1 Å². The first-order valence-corrected chi connectivity index (χ1v) is 7.07. The average Bonchev–Trinajstić information content (AvgIpc) is 2.39. The normalized spacial score (nSPS) is 14.4. The summed E-state index contributed by atoms with van der Waals surface area (Å²) in [5, 5.41) is 9.04. The maximum Gasteiger partial charge on any atom is 0.119 e. The van der Waals surface area contributed by atoms with Crippen LogP contribution in [0.4, 0.5) is 0 Å². The molecule has 0 aliphatic rings. The van der Waals surface area contributed by atoms with E-state index in [1.54, 1.807) is 0 Å². The van der Waals surface area contributed by atoms with Crippen LogP contribution in [-0.2, 0) is 0 Å². The molecule has 0 radical (unpaired) electrons. The zero-order valence-electron chi connectivity index (χ0n) is 12.4. The lowest BCUT2D eigenvalue weighted by Gasteiger charge is -2.21. The van der Waals surface area contributed by atoms with Crippen LogP contribution in [0.25, 0.3) is 0 Å². The van der Waals surface area contributed by atoms with E-state index < -0.39 is 5.54 Å². The fraction of sp³-hybridized carbons (Fsp3) is 0.625. The first kappa shape index (κ1) is 16.0. The SMILES string of the molecule is CC(C)c1ccc(OCCCCC(C)(N)CO)cc1. The third kappa shape index (κ3) is 6.08. The highest BCUT2D eigenvalue weighted by molar-refractivity contribution is 5.28. The topological polar surface area (TPSA) is 55.5 Å². The van der Waals surface area contributed by atoms with Gasteiger partial charge in [-0.2, -0.15) is 0 Å². The highest BCUT2D eigenvalue weighted by Gasteiger charge is 2.15. The van der Waals surface area contributed by atoms with E-state index in [-0.39, 0.29) is 6.61 Å². The highest BCUT2D eigenvalue weighted by atomic mass is 16.5. The standard InChI is InChI=1S/C16H27NO2/c1-13(2)14-6-8-15(9-7-14)19-11-5-4-10-16(3,17)12-18/h6-9,13,18H,4-5,10-12,17H2,1-3H3. The Balaban J connectivity index is 2.23. The van der Waals surface area contributed by atoms with Crippen molar-refractivity contribution >= 4 is 0 Å². The van der Waals surface area contributed by atoms with Crippen molar-refractivity contribution in [3.05, 3.63) is 29.8 Å². The van der Waals surface area contributed by atoms with Crippen LogP contribution in [0.1, 0.15) is 51.5 Å². The summed E-state index contributed by atoms with van der Waals surface area (Å²) >= 11 is 0. The van der Waals surface area contributed by atoms with Gasteiger partial charge < -0.3 is 15.6 Å². The van der Waals surface area contributed by atoms with Gasteiger partial charge in [-0.25, -0.2) is 0 Å². The summed E-state index contributed by atoms with van der Waals surface area (Å²) in [5.74, 6) is 1.47. The van der Waals surface area contributed by atoms with E-state index in [1.165, 1.54) is 5.56 Å². The quantitative estimate of drug-likeness (QED) is 0.710. The molecule has 19 heavy (non-hydrogen) atoms. The minimum Gasteiger partial charge on any atom is -0.494 e. The first-order chi connectivity index (χ1) is 8.94. The number of hydrogen-bond acceptors (Lipinski definition) is 3. The number of aliphatic hydroxyl groups is 1. The lowest BCUT2D eigenvalue weighted by Crippen LogP contribution is -2.39. The van der Waals surface area contributed by atoms with Crippen LogP contribution in [0.15, 0.2) is 24.3 Å². The zero-order valence-corrected chi connectivity index (χ0v) is 12.4. The molecule has 3 heteroatoms. The predicted molar refractivity (Wildman–Crippen MR) is 79.6 cm³/mol. The molecule has 1 atom stereocenters. The molecule has 1 aromatic carbocycles. The molecule has 0 fully saturated rings. The van der Waals surface area contributed by atoms with Gasteiger partial charge in [0.05, 0.1) is 13.2 Å². The summed E-state index contributed by atoms with van der Waals surface area (Å²) < 4.78 is 5.69. The van der Waals surface area contributed by atoms with Crippen molar-refractivity contribution in [3.63, 3.8) is 0 Å². The van der Waals surface area contributed by atoms with Crippen molar-refractivity contribution in [2.24, 2.45) is 5.73 Å². The van der Waals surface area contributed by atoms with E-state index in [0.29, 0.717) is 12.5 Å². The molecule has 0 saturated carbocycles. The summed E-state index contributed by atoms with van der Waals surface area (Å²) in [5.41, 5.74) is 6.73. The molecule has 0 saturated heterocycles. The lowest BCUT2D eigenvalue weighted by atomic mass is 9.97. The van der Waals surface area contributed by atoms with Gasteiger partial charge in [-0.1, -0.05) is 26.0 Å². The third-order valence-corrected chi connectivity index (χ3v) is 3.32. The number of aliphatic hydroxyl groups excluding tert-OH is 1. The van der Waals surface area contributed by atoms with E-state index in [4.69, 9.17) is 15.6 Å². The Kier molecular flexibility index (Phi) is 6.32. The third-order valence-electron chi connectivity index (χ3n) is 3.32. The molecular weight excluding hydrogens is 238 g/mol. The minimum atomic E-state index is -0.459. The van der Waals surface area contributed by atoms with Crippen LogP contribution in [0.3, 0.4) is 0 Å². The van der Waals surface area contributed by atoms with Gasteiger partial charge in [-0.3, -0.25) is 0 Å². The van der Waals surface area contributed by atoms with Crippen molar-refractivity contribution in [1.82, 2.24) is 0 Å². The Morgan fingerprint density at radius 2 is 1.84 bits per heavy atom. The number of rotatable bonds is 8. The molecule has 0 bridgehead atoms. The number of ether oxygens (including phenoxy) is 1. The maximum atomic E-state index is 9.04. The molecule has 3 N–H and O–H groups in total. The Morgan fingerprint density at radius 1 is 1.21 bits per heavy atom. The molecule has 1 rings (SSSR count). The fourth-order valence-corrected chi connectivity index (χ4v) is 1.85. The van der Waals surface area contributed by atoms with Crippen LogP contribution in [0.2, 0.25) is 0 Å². The number of unbranched alkanes of at least 4 members (excludes halogenated alkanes) is 1. The number of nitrogens with two attached hydrogens (primary N) is 1. The first-order valence-electron chi connectivity index (χ1n) is 7.07. The van der Waals surface area contributed by atoms with E-state index in [0.717, 1.165) is 25.0 Å². The van der Waals surface area contributed by atoms with Gasteiger partial charge in [0.1, 0.15) is 5.75 Å². The van der Waals surface area contributed by atoms with E-state index in [2.05, 4.69) is 26.0 Å². The van der Waals surface area contributed by atoms with E-state index >= 15 is 0 Å². The second kappa shape index (κ2) is 7.51. The molecule has 0 heterocycles. The van der Waals surface area contributed by atoms with Gasteiger partial charge in [-0.15, -0.1) is 0 Å². The second-order valence-electron chi connectivity index (χ2n) is 5.84. The maximum absolute atomic E-state index is 9.04. The molecule has 1 aromatic rings. The van der Waals surface area contributed by atoms with Crippen LogP contribution >= 0.6 is 0 Å². The molecule has 0 aliphatic heterocycles. The monoisotopic (exact) mass is 265 g/mol. The smallest absolute Gasteiger partial charge is 0.119 e. The Labute approximate surface area is 116 Å². The van der Waals surface area contributed by atoms with Gasteiger partial charge in [-0.05, 0) is 49.8 Å². The van der Waals surface area contributed by atoms with Gasteiger partial charge in [0.25, 0.3) is 0 Å². The largest absolute Gasteiger partial charge is 0.494 e. The van der Waals surface area contributed by atoms with Crippen LogP contribution in [0, 0.1) is 0 Å². The van der Waals surface area contributed by atoms with Gasteiger partial charge >= 0.3 is 0 Å². The Morgan fingerprint density at radius 3 is 2.37 bits per heavy atom. The average molecular weight is 265 g/mol. The van der Waals surface area contributed by atoms with Crippen molar-refractivity contribution in [2.75, 3.05) is 13.2 Å². The molecule has 0 spiro atoms. The van der Waals surface area contributed by atoms with Crippen molar-refractivity contribution in [2.45, 2.75) is 51.5 Å². The number of benzene rings is 1. The predicted octanol–water partition coefficient (Wildman–Crippen LogP) is 3.07. The highest BCUT2D eigenvalue weighted by Crippen LogP contribution is 2.19. The molecular formula is C16H27NO2. The molecule has 1 unspecified atom stereocenters. The van der Waals surface area contributed by atoms with Gasteiger partial charge in [0.15, 0.2) is 0 Å². The fourth-order valence-electron chi connectivity index (χ4n) is 1.85. The molecule has 108 valence electrons. The summed E-state index contributed by atoms with van der Waals surface area (Å²) in [7, 11) is 0. The minimum absolute atomic E-state index is 0.0323. The van der Waals surface area contributed by atoms with Crippen LogP contribution in [0.5, 0.6) is 5.75 Å². The van der Waals surface area contributed by atoms with Crippen molar-refractivity contribution in [1.29, 1.82) is 0 Å². The number of hydrogen-bond donors (Lipinski definition) is 2. The van der Waals surface area contributed by atoms with Crippen molar-refractivity contribution < 1.29 is 9.84 Å². The Hall–Kier alpha value is -1.06. The summed E-state index contributed by atoms with van der Waals surface area (Å²) in [6.45, 7) is 6.97. The van der Waals surface area contributed by atoms with Gasteiger partial charge in [0.2, 0.25) is 0 Å². The molecule has 3 nitrogen and oxygen atoms in total. The summed E-state index contributed by atoms with van der Waals surface area (Å²) in [6, 6.07) is 8.28. The van der Waals surface area contributed by atoms with Crippen molar-refractivity contribution in [3.8, 4) is 5.75 Å². The van der Waals surface area contributed by atoms with E-state index in [9.17, 15) is 0 Å². The second-order valence-corrected chi connectivity index (χ2v) is 5.84. The van der Waals surface area contributed by atoms with Crippen LogP contribution < -0.4 is 10.5 Å². The zero-order chi connectivity index (χ0) is 14.3. The van der Waals surface area contributed by atoms with Gasteiger partial charge in [0, 0.05) is 5.54 Å².